The smallest absolute Gasteiger partial charge is 0.408 e. The van der Waals surface area contributed by atoms with E-state index in [4.69, 9.17) is 4.74 Å². The molecule has 0 bridgehead atoms. The van der Waals surface area contributed by atoms with E-state index in [2.05, 4.69) is 10.6 Å². The van der Waals surface area contributed by atoms with Gasteiger partial charge in [0.15, 0.2) is 0 Å². The number of carbonyl (C=O) groups excluding carboxylic acids is 2. The maximum Gasteiger partial charge on any atom is 0.408 e. The number of hydrogen-bond acceptors (Lipinski definition) is 4. The molecule has 1 atom stereocenters. The van der Waals surface area contributed by atoms with Crippen molar-refractivity contribution in [2.24, 2.45) is 0 Å². The number of amides is 2. The minimum absolute atomic E-state index is 0.226. The summed E-state index contributed by atoms with van der Waals surface area (Å²) >= 11 is 0. The minimum atomic E-state index is -0.632. The molecular formula is C17H26N2O4. The quantitative estimate of drug-likeness (QED) is 0.750. The molecule has 0 aliphatic rings. The van der Waals surface area contributed by atoms with Crippen molar-refractivity contribution >= 4 is 12.0 Å². The van der Waals surface area contributed by atoms with Gasteiger partial charge in [-0.05, 0) is 57.7 Å². The van der Waals surface area contributed by atoms with E-state index in [1.165, 1.54) is 7.05 Å². The molecule has 0 saturated heterocycles. The molecule has 0 fully saturated rings. The van der Waals surface area contributed by atoms with Crippen LogP contribution in [0.2, 0.25) is 0 Å². The molecule has 1 aromatic carbocycles. The number of hydrogen-bond donors (Lipinski definition) is 3. The van der Waals surface area contributed by atoms with Crippen molar-refractivity contribution in [1.82, 2.24) is 10.6 Å². The number of phenolic OH excluding ortho intramolecular Hbond substituents is 1. The number of aryl methyl sites for hydroxylation is 1. The van der Waals surface area contributed by atoms with Gasteiger partial charge in [0.05, 0.1) is 0 Å². The molecule has 0 aliphatic carbocycles. The molecule has 0 aromatic heterocycles. The Kier molecular flexibility index (Phi) is 6.88. The van der Waals surface area contributed by atoms with E-state index < -0.39 is 17.7 Å². The lowest BCUT2D eigenvalue weighted by atomic mass is 10.0. The van der Waals surface area contributed by atoms with Crippen LogP contribution in [-0.4, -0.2) is 35.8 Å². The maximum atomic E-state index is 11.9. The Morgan fingerprint density at radius 1 is 1.22 bits per heavy atom. The van der Waals surface area contributed by atoms with Gasteiger partial charge in [-0.1, -0.05) is 12.1 Å². The number of phenols is 1. The molecular weight excluding hydrogens is 296 g/mol. The zero-order valence-electron chi connectivity index (χ0n) is 14.2. The SMILES string of the molecule is CNC(=O)[C@H](CCCc1ccc(O)cc1)NC(=O)OC(C)(C)C. The molecule has 6 nitrogen and oxygen atoms in total. The number of likely N-dealkylation sites (N-methyl/N-ethyl adjacent to an activating group) is 1. The van der Waals surface area contributed by atoms with Crippen LogP contribution in [0.25, 0.3) is 0 Å². The molecule has 6 heteroatoms. The summed E-state index contributed by atoms with van der Waals surface area (Å²) in [5, 5.41) is 14.4. The van der Waals surface area contributed by atoms with Crippen molar-refractivity contribution in [2.75, 3.05) is 7.05 Å². The van der Waals surface area contributed by atoms with Crippen LogP contribution < -0.4 is 10.6 Å². The average Bonchev–Trinajstić information content (AvgIpc) is 2.45. The summed E-state index contributed by atoms with van der Waals surface area (Å²) in [7, 11) is 1.53. The predicted octanol–water partition coefficient (Wildman–Crippen LogP) is 2.35. The summed E-state index contributed by atoms with van der Waals surface area (Å²) in [5.41, 5.74) is 0.458. The van der Waals surface area contributed by atoms with Crippen LogP contribution in [0.5, 0.6) is 5.75 Å². The largest absolute Gasteiger partial charge is 0.508 e. The summed E-state index contributed by atoms with van der Waals surface area (Å²) in [6, 6.07) is 6.30. The Labute approximate surface area is 137 Å². The molecule has 0 aliphatic heterocycles. The van der Waals surface area contributed by atoms with E-state index in [0.717, 1.165) is 18.4 Å². The number of benzene rings is 1. The van der Waals surface area contributed by atoms with Crippen LogP contribution in [0.1, 0.15) is 39.2 Å². The van der Waals surface area contributed by atoms with Crippen LogP contribution in [0.4, 0.5) is 4.79 Å². The lowest BCUT2D eigenvalue weighted by Crippen LogP contribution is -2.47. The van der Waals surface area contributed by atoms with Crippen molar-refractivity contribution in [2.45, 2.75) is 51.7 Å². The van der Waals surface area contributed by atoms with Gasteiger partial charge in [-0.15, -0.1) is 0 Å². The Bertz CT molecular complexity index is 520. The second-order valence-electron chi connectivity index (χ2n) is 6.37. The third-order valence-electron chi connectivity index (χ3n) is 3.15. The first-order valence-corrected chi connectivity index (χ1v) is 7.70. The summed E-state index contributed by atoms with van der Waals surface area (Å²) in [4.78, 5) is 23.7. The number of ether oxygens (including phenoxy) is 1. The highest BCUT2D eigenvalue weighted by molar-refractivity contribution is 5.85. The second-order valence-corrected chi connectivity index (χ2v) is 6.37. The fourth-order valence-electron chi connectivity index (χ4n) is 2.07. The monoisotopic (exact) mass is 322 g/mol. The highest BCUT2D eigenvalue weighted by Crippen LogP contribution is 2.13. The first-order chi connectivity index (χ1) is 10.7. The first-order valence-electron chi connectivity index (χ1n) is 7.70. The van der Waals surface area contributed by atoms with Gasteiger partial charge in [-0.2, -0.15) is 0 Å². The molecule has 128 valence electrons. The number of aromatic hydroxyl groups is 1. The Hall–Kier alpha value is -2.24. The molecule has 0 heterocycles. The Morgan fingerprint density at radius 3 is 2.35 bits per heavy atom. The van der Waals surface area contributed by atoms with Crippen LogP contribution in [0.15, 0.2) is 24.3 Å². The normalized spacial score (nSPS) is 12.3. The van der Waals surface area contributed by atoms with Gasteiger partial charge in [0.1, 0.15) is 17.4 Å². The molecule has 23 heavy (non-hydrogen) atoms. The van der Waals surface area contributed by atoms with Gasteiger partial charge in [-0.3, -0.25) is 4.79 Å². The van der Waals surface area contributed by atoms with Gasteiger partial charge >= 0.3 is 6.09 Å². The summed E-state index contributed by atoms with van der Waals surface area (Å²) in [6.07, 6.45) is 1.37. The lowest BCUT2D eigenvalue weighted by Gasteiger charge is -2.23. The van der Waals surface area contributed by atoms with E-state index in [0.29, 0.717) is 6.42 Å². The van der Waals surface area contributed by atoms with E-state index in [9.17, 15) is 14.7 Å². The van der Waals surface area contributed by atoms with Gasteiger partial charge in [-0.25, -0.2) is 4.79 Å². The van der Waals surface area contributed by atoms with Gasteiger partial charge in [0.25, 0.3) is 0 Å². The van der Waals surface area contributed by atoms with Crippen LogP contribution in [-0.2, 0) is 16.0 Å². The zero-order chi connectivity index (χ0) is 17.5. The molecule has 0 spiro atoms. The number of rotatable bonds is 6. The Balaban J connectivity index is 2.52. The molecule has 3 N–H and O–H groups in total. The molecule has 1 aromatic rings. The highest BCUT2D eigenvalue weighted by atomic mass is 16.6. The second kappa shape index (κ2) is 8.41. The number of alkyl carbamates (subject to hydrolysis) is 1. The van der Waals surface area contributed by atoms with E-state index in [1.807, 2.05) is 12.1 Å². The van der Waals surface area contributed by atoms with E-state index in [1.54, 1.807) is 32.9 Å². The maximum absolute atomic E-state index is 11.9. The van der Waals surface area contributed by atoms with Crippen molar-refractivity contribution in [1.29, 1.82) is 0 Å². The van der Waals surface area contributed by atoms with E-state index in [-0.39, 0.29) is 11.7 Å². The van der Waals surface area contributed by atoms with Crippen molar-refractivity contribution in [3.05, 3.63) is 29.8 Å². The van der Waals surface area contributed by atoms with Crippen molar-refractivity contribution in [3.63, 3.8) is 0 Å². The predicted molar refractivity (Wildman–Crippen MR) is 88.3 cm³/mol. The Morgan fingerprint density at radius 2 is 1.83 bits per heavy atom. The zero-order valence-corrected chi connectivity index (χ0v) is 14.2. The third-order valence-corrected chi connectivity index (χ3v) is 3.15. The van der Waals surface area contributed by atoms with Crippen LogP contribution >= 0.6 is 0 Å². The van der Waals surface area contributed by atoms with Gasteiger partial charge in [0, 0.05) is 7.05 Å². The molecule has 2 amide bonds. The minimum Gasteiger partial charge on any atom is -0.508 e. The topological polar surface area (TPSA) is 87.7 Å². The third kappa shape index (κ3) is 7.54. The number of nitrogens with one attached hydrogen (secondary N) is 2. The van der Waals surface area contributed by atoms with Crippen LogP contribution in [0, 0.1) is 0 Å². The summed E-state index contributed by atoms with van der Waals surface area (Å²) < 4.78 is 5.18. The fraction of sp³-hybridized carbons (Fsp3) is 0.529. The van der Waals surface area contributed by atoms with E-state index >= 15 is 0 Å². The standard InChI is InChI=1S/C17H26N2O4/c1-17(2,3)23-16(22)19-14(15(21)18-4)7-5-6-12-8-10-13(20)11-9-12/h8-11,14,20H,5-7H2,1-4H3,(H,18,21)(H,19,22)/t14-/m0/s1. The molecule has 0 unspecified atom stereocenters. The van der Waals surface area contributed by atoms with Gasteiger partial charge < -0.3 is 20.5 Å². The lowest BCUT2D eigenvalue weighted by molar-refractivity contribution is -0.122. The van der Waals surface area contributed by atoms with Crippen LogP contribution in [0.3, 0.4) is 0 Å². The molecule has 1 rings (SSSR count). The van der Waals surface area contributed by atoms with Crippen molar-refractivity contribution < 1.29 is 19.4 Å². The number of carbonyl (C=O) groups is 2. The highest BCUT2D eigenvalue weighted by Gasteiger charge is 2.23. The first kappa shape index (κ1) is 18.8. The van der Waals surface area contributed by atoms with Crippen molar-refractivity contribution in [3.8, 4) is 5.75 Å². The van der Waals surface area contributed by atoms with Gasteiger partial charge in [0.2, 0.25) is 5.91 Å². The average molecular weight is 322 g/mol. The summed E-state index contributed by atoms with van der Waals surface area (Å²) in [6.45, 7) is 5.31. The molecule has 0 radical (unpaired) electrons. The molecule has 0 saturated carbocycles. The summed E-state index contributed by atoms with van der Waals surface area (Å²) in [5.74, 6) is -0.0230. The fourth-order valence-corrected chi connectivity index (χ4v) is 2.07.